The highest BCUT2D eigenvalue weighted by Gasteiger charge is 2.34. The Morgan fingerprint density at radius 2 is 1.65 bits per heavy atom. The van der Waals surface area contributed by atoms with Gasteiger partial charge in [0, 0.05) is 17.1 Å². The summed E-state index contributed by atoms with van der Waals surface area (Å²) in [7, 11) is -4.10. The predicted octanol–water partition coefficient (Wildman–Crippen LogP) is 5.82. The summed E-state index contributed by atoms with van der Waals surface area (Å²) in [4.78, 5) is 29.2. The molecule has 9 heteroatoms. The number of sulfonamides is 1. The van der Waals surface area contributed by atoms with Crippen LogP contribution >= 0.6 is 15.9 Å². The molecule has 0 bridgehead atoms. The maximum atomic E-state index is 14.1. The minimum atomic E-state index is -4.10. The minimum Gasteiger partial charge on any atom is -0.352 e. The smallest absolute Gasteiger partial charge is 0.264 e. The van der Waals surface area contributed by atoms with E-state index in [9.17, 15) is 18.0 Å². The van der Waals surface area contributed by atoms with Gasteiger partial charge in [0.05, 0.1) is 10.6 Å². The fourth-order valence-corrected chi connectivity index (χ4v) is 6.86. The molecule has 3 aromatic rings. The van der Waals surface area contributed by atoms with Gasteiger partial charge in [-0.1, -0.05) is 89.8 Å². The zero-order valence-corrected chi connectivity index (χ0v) is 25.3. The average molecular weight is 627 g/mol. The lowest BCUT2D eigenvalue weighted by Crippen LogP contribution is -2.53. The molecule has 1 saturated carbocycles. The quantitative estimate of drug-likeness (QED) is 0.291. The molecule has 4 rings (SSSR count). The van der Waals surface area contributed by atoms with Crippen molar-refractivity contribution < 1.29 is 18.0 Å². The highest BCUT2D eigenvalue weighted by atomic mass is 79.9. The Hall–Kier alpha value is -3.17. The van der Waals surface area contributed by atoms with E-state index in [0.717, 1.165) is 41.1 Å². The molecule has 1 aliphatic rings. The van der Waals surface area contributed by atoms with Crippen molar-refractivity contribution in [3.8, 4) is 0 Å². The van der Waals surface area contributed by atoms with E-state index in [0.29, 0.717) is 16.6 Å². The van der Waals surface area contributed by atoms with E-state index in [4.69, 9.17) is 0 Å². The van der Waals surface area contributed by atoms with E-state index < -0.39 is 28.5 Å². The maximum absolute atomic E-state index is 14.1. The molecule has 212 valence electrons. The molecule has 0 radical (unpaired) electrons. The fourth-order valence-electron chi connectivity index (χ4n) is 5.06. The molecule has 0 saturated heterocycles. The van der Waals surface area contributed by atoms with Crippen LogP contribution in [0.25, 0.3) is 0 Å². The molecule has 0 aromatic heterocycles. The van der Waals surface area contributed by atoms with Gasteiger partial charge in [-0.05, 0) is 62.1 Å². The Balaban J connectivity index is 1.70. The maximum Gasteiger partial charge on any atom is 0.264 e. The van der Waals surface area contributed by atoms with Gasteiger partial charge in [0.2, 0.25) is 11.8 Å². The molecule has 1 atom stereocenters. The highest BCUT2D eigenvalue weighted by molar-refractivity contribution is 9.10. The van der Waals surface area contributed by atoms with Crippen LogP contribution in [-0.2, 0) is 26.2 Å². The Morgan fingerprint density at radius 1 is 0.975 bits per heavy atom. The number of nitrogens with one attached hydrogen (secondary N) is 1. The van der Waals surface area contributed by atoms with E-state index in [2.05, 4.69) is 21.2 Å². The number of anilines is 1. The number of nitrogens with zero attached hydrogens (tertiary/aromatic N) is 2. The largest absolute Gasteiger partial charge is 0.352 e. The summed E-state index contributed by atoms with van der Waals surface area (Å²) in [5.74, 6) is -0.651. The van der Waals surface area contributed by atoms with Gasteiger partial charge in [-0.2, -0.15) is 0 Å². The normalized spacial score (nSPS) is 14.5. The highest BCUT2D eigenvalue weighted by Crippen LogP contribution is 2.27. The second kappa shape index (κ2) is 13.5. The van der Waals surface area contributed by atoms with Crippen molar-refractivity contribution >= 4 is 43.5 Å². The number of hydrogen-bond donors (Lipinski definition) is 1. The second-order valence-corrected chi connectivity index (χ2v) is 13.0. The Bertz CT molecular complexity index is 1410. The lowest BCUT2D eigenvalue weighted by atomic mass is 10.1. The predicted molar refractivity (Wildman–Crippen MR) is 161 cm³/mol. The number of aryl methyl sites for hydroxylation is 1. The zero-order valence-electron chi connectivity index (χ0n) is 22.9. The van der Waals surface area contributed by atoms with Crippen LogP contribution in [0, 0.1) is 6.92 Å². The van der Waals surface area contributed by atoms with Crippen molar-refractivity contribution in [1.29, 1.82) is 0 Å². The van der Waals surface area contributed by atoms with Crippen LogP contribution in [0.1, 0.15) is 50.2 Å². The van der Waals surface area contributed by atoms with Crippen LogP contribution in [-0.4, -0.2) is 43.8 Å². The summed E-state index contributed by atoms with van der Waals surface area (Å²) in [6.07, 6.45) is 4.42. The third-order valence-corrected chi connectivity index (χ3v) is 9.55. The van der Waals surface area contributed by atoms with E-state index >= 15 is 0 Å². The van der Waals surface area contributed by atoms with Gasteiger partial charge in [0.25, 0.3) is 10.0 Å². The number of halogens is 1. The number of carbonyl (C=O) groups excluding carboxylic acids is 2. The Labute approximate surface area is 245 Å². The molecule has 0 unspecified atom stereocenters. The summed E-state index contributed by atoms with van der Waals surface area (Å²) in [5, 5.41) is 3.13. The lowest BCUT2D eigenvalue weighted by Gasteiger charge is -2.33. The van der Waals surface area contributed by atoms with E-state index in [1.54, 1.807) is 48.5 Å². The minimum absolute atomic E-state index is 0.0894. The average Bonchev–Trinajstić information content (AvgIpc) is 3.45. The molecule has 1 N–H and O–H groups in total. The van der Waals surface area contributed by atoms with Gasteiger partial charge in [-0.25, -0.2) is 8.42 Å². The van der Waals surface area contributed by atoms with Crippen molar-refractivity contribution in [2.45, 2.75) is 69.5 Å². The molecule has 0 spiro atoms. The van der Waals surface area contributed by atoms with E-state index in [-0.39, 0.29) is 23.4 Å². The van der Waals surface area contributed by atoms with Gasteiger partial charge in [-0.3, -0.25) is 13.9 Å². The lowest BCUT2D eigenvalue weighted by molar-refractivity contribution is -0.140. The second-order valence-electron chi connectivity index (χ2n) is 10.2. The summed E-state index contributed by atoms with van der Waals surface area (Å²) in [6.45, 7) is 3.49. The molecule has 0 heterocycles. The molecule has 1 aliphatic carbocycles. The molecule has 3 aromatic carbocycles. The summed E-state index contributed by atoms with van der Waals surface area (Å²) >= 11 is 3.43. The van der Waals surface area contributed by atoms with Gasteiger partial charge in [0.1, 0.15) is 12.6 Å². The van der Waals surface area contributed by atoms with E-state index in [1.165, 1.54) is 4.90 Å². The monoisotopic (exact) mass is 625 g/mol. The summed E-state index contributed by atoms with van der Waals surface area (Å²) < 4.78 is 29.7. The van der Waals surface area contributed by atoms with Gasteiger partial charge < -0.3 is 10.2 Å². The molecule has 0 aliphatic heterocycles. The van der Waals surface area contributed by atoms with Crippen LogP contribution in [0.5, 0.6) is 0 Å². The standard InChI is InChI=1S/C31H36BrN3O4S/c1-3-29(31(37)33-26-13-7-8-14-26)34(21-24-10-5-4-6-11-24)30(36)22-35(27-15-9-12-25(32)20-27)40(38,39)28-18-16-23(2)17-19-28/h4-6,9-12,15-20,26,29H,3,7-8,13-14,21-22H2,1-2H3,(H,33,37)/t29-/m1/s1. The molecule has 2 amide bonds. The summed E-state index contributed by atoms with van der Waals surface area (Å²) in [6, 6.07) is 22.2. The SMILES string of the molecule is CC[C@H](C(=O)NC1CCCC1)N(Cc1ccccc1)C(=O)CN(c1cccc(Br)c1)S(=O)(=O)c1ccc(C)cc1. The van der Waals surface area contributed by atoms with Crippen LogP contribution in [0.3, 0.4) is 0 Å². The van der Waals surface area contributed by atoms with Crippen LogP contribution in [0.15, 0.2) is 88.2 Å². The van der Waals surface area contributed by atoms with Gasteiger partial charge in [0.15, 0.2) is 0 Å². The van der Waals surface area contributed by atoms with Crippen molar-refractivity contribution in [2.75, 3.05) is 10.8 Å². The molecule has 1 fully saturated rings. The zero-order chi connectivity index (χ0) is 28.7. The molecule has 7 nitrogen and oxygen atoms in total. The number of rotatable bonds is 11. The fraction of sp³-hybridized carbons (Fsp3) is 0.355. The first-order chi connectivity index (χ1) is 19.2. The number of carbonyl (C=O) groups is 2. The van der Waals surface area contributed by atoms with Crippen LogP contribution in [0.2, 0.25) is 0 Å². The van der Waals surface area contributed by atoms with Crippen LogP contribution < -0.4 is 9.62 Å². The van der Waals surface area contributed by atoms with E-state index in [1.807, 2.05) is 44.2 Å². The van der Waals surface area contributed by atoms with Crippen LogP contribution in [0.4, 0.5) is 5.69 Å². The first-order valence-electron chi connectivity index (χ1n) is 13.7. The first-order valence-corrected chi connectivity index (χ1v) is 15.9. The van der Waals surface area contributed by atoms with Crippen molar-refractivity contribution in [1.82, 2.24) is 10.2 Å². The Morgan fingerprint density at radius 3 is 2.27 bits per heavy atom. The van der Waals surface area contributed by atoms with Crippen molar-refractivity contribution in [3.05, 3.63) is 94.5 Å². The Kier molecular flexibility index (Phi) is 10.0. The van der Waals surface area contributed by atoms with Crippen molar-refractivity contribution in [3.63, 3.8) is 0 Å². The first kappa shape index (κ1) is 29.8. The third kappa shape index (κ3) is 7.31. The van der Waals surface area contributed by atoms with Gasteiger partial charge in [-0.15, -0.1) is 0 Å². The van der Waals surface area contributed by atoms with Gasteiger partial charge >= 0.3 is 0 Å². The number of amides is 2. The number of benzene rings is 3. The summed E-state index contributed by atoms with van der Waals surface area (Å²) in [5.41, 5.74) is 2.14. The molecular formula is C31H36BrN3O4S. The molecule has 40 heavy (non-hydrogen) atoms. The molecular weight excluding hydrogens is 590 g/mol. The number of hydrogen-bond acceptors (Lipinski definition) is 4. The third-order valence-electron chi connectivity index (χ3n) is 7.27. The topological polar surface area (TPSA) is 86.8 Å². The van der Waals surface area contributed by atoms with Crippen molar-refractivity contribution in [2.24, 2.45) is 0 Å².